The Balaban J connectivity index is 2.87. The van der Waals surface area contributed by atoms with Gasteiger partial charge in [0.2, 0.25) is 0 Å². The fourth-order valence-corrected chi connectivity index (χ4v) is 1.38. The molecule has 14 heavy (non-hydrogen) atoms. The van der Waals surface area contributed by atoms with Crippen LogP contribution in [0.25, 0.3) is 0 Å². The van der Waals surface area contributed by atoms with Crippen LogP contribution in [0.2, 0.25) is 0 Å². The van der Waals surface area contributed by atoms with E-state index < -0.39 is 0 Å². The van der Waals surface area contributed by atoms with Gasteiger partial charge in [0.1, 0.15) is 5.82 Å². The first-order chi connectivity index (χ1) is 6.65. The van der Waals surface area contributed by atoms with E-state index in [1.54, 1.807) is 6.20 Å². The van der Waals surface area contributed by atoms with E-state index in [2.05, 4.69) is 11.6 Å². The molecular weight excluding hydrogens is 176 g/mol. The van der Waals surface area contributed by atoms with Crippen LogP contribution < -0.4 is 4.90 Å². The number of nitrogens with zero attached hydrogens (tertiary/aromatic N) is 2. The van der Waals surface area contributed by atoms with Crippen LogP contribution in [-0.4, -0.2) is 23.7 Å². The third kappa shape index (κ3) is 2.57. The van der Waals surface area contributed by atoms with E-state index in [1.807, 2.05) is 31.0 Å². The Morgan fingerprint density at radius 3 is 2.93 bits per heavy atom. The highest BCUT2D eigenvalue weighted by Gasteiger charge is 2.06. The third-order valence-corrected chi connectivity index (χ3v) is 1.91. The number of hydrogen-bond acceptors (Lipinski definition) is 3. The molecule has 0 unspecified atom stereocenters. The van der Waals surface area contributed by atoms with Crippen LogP contribution in [0.1, 0.15) is 12.5 Å². The minimum Gasteiger partial charge on any atom is -0.392 e. The lowest BCUT2D eigenvalue weighted by molar-refractivity contribution is 0.281. The van der Waals surface area contributed by atoms with E-state index in [1.165, 1.54) is 0 Å². The van der Waals surface area contributed by atoms with Crippen LogP contribution in [0, 0.1) is 0 Å². The Labute approximate surface area is 84.7 Å². The number of aliphatic hydroxyl groups excluding tert-OH is 1. The lowest BCUT2D eigenvalue weighted by Crippen LogP contribution is -2.21. The first-order valence-electron chi connectivity index (χ1n) is 4.55. The summed E-state index contributed by atoms with van der Waals surface area (Å²) in [7, 11) is 1.94. The minimum absolute atomic E-state index is 0.0176. The van der Waals surface area contributed by atoms with Gasteiger partial charge in [0.15, 0.2) is 0 Å². The molecule has 0 radical (unpaired) electrons. The maximum Gasteiger partial charge on any atom is 0.134 e. The summed E-state index contributed by atoms with van der Waals surface area (Å²) in [5.74, 6) is 0.818. The molecule has 1 rings (SSSR count). The van der Waals surface area contributed by atoms with E-state index in [-0.39, 0.29) is 6.61 Å². The summed E-state index contributed by atoms with van der Waals surface area (Å²) in [4.78, 5) is 6.21. The molecule has 1 N–H and O–H groups in total. The second-order valence-corrected chi connectivity index (χ2v) is 3.46. The van der Waals surface area contributed by atoms with Crippen molar-refractivity contribution in [2.45, 2.75) is 13.5 Å². The quantitative estimate of drug-likeness (QED) is 0.736. The summed E-state index contributed by atoms with van der Waals surface area (Å²) in [6.07, 6.45) is 1.73. The molecule has 0 aliphatic heterocycles. The highest BCUT2D eigenvalue weighted by molar-refractivity contribution is 5.46. The molecule has 0 spiro atoms. The smallest absolute Gasteiger partial charge is 0.134 e. The maximum absolute atomic E-state index is 9.11. The average molecular weight is 192 g/mol. The Bertz CT molecular complexity index is 323. The van der Waals surface area contributed by atoms with Gasteiger partial charge in [-0.3, -0.25) is 0 Å². The molecule has 0 amide bonds. The minimum atomic E-state index is 0.0176. The van der Waals surface area contributed by atoms with Gasteiger partial charge in [0.25, 0.3) is 0 Å². The molecular formula is C11H16N2O. The summed E-state index contributed by atoms with van der Waals surface area (Å²) in [5.41, 5.74) is 1.92. The summed E-state index contributed by atoms with van der Waals surface area (Å²) in [6, 6.07) is 3.70. The van der Waals surface area contributed by atoms with E-state index in [4.69, 9.17) is 5.11 Å². The van der Waals surface area contributed by atoms with Crippen molar-refractivity contribution in [3.8, 4) is 0 Å². The number of aromatic nitrogens is 1. The topological polar surface area (TPSA) is 36.4 Å². The fourth-order valence-electron chi connectivity index (χ4n) is 1.38. The maximum atomic E-state index is 9.11. The number of pyridine rings is 1. The van der Waals surface area contributed by atoms with Crippen LogP contribution in [0.4, 0.5) is 5.82 Å². The number of rotatable bonds is 4. The standard InChI is InChI=1S/C11H16N2O/c1-9(2)7-13(3)11-10(8-14)5-4-6-12-11/h4-6,14H,1,7-8H2,2-3H3. The highest BCUT2D eigenvalue weighted by Crippen LogP contribution is 2.15. The van der Waals surface area contributed by atoms with Gasteiger partial charge in [0, 0.05) is 25.4 Å². The lowest BCUT2D eigenvalue weighted by Gasteiger charge is -2.20. The van der Waals surface area contributed by atoms with Gasteiger partial charge >= 0.3 is 0 Å². The largest absolute Gasteiger partial charge is 0.392 e. The Hall–Kier alpha value is -1.35. The van der Waals surface area contributed by atoms with Gasteiger partial charge < -0.3 is 10.0 Å². The summed E-state index contributed by atoms with van der Waals surface area (Å²) < 4.78 is 0. The van der Waals surface area contributed by atoms with Crippen molar-refractivity contribution in [1.29, 1.82) is 0 Å². The molecule has 0 atom stereocenters. The van der Waals surface area contributed by atoms with E-state index >= 15 is 0 Å². The number of anilines is 1. The molecule has 1 aromatic rings. The number of aliphatic hydroxyl groups is 1. The molecule has 0 saturated heterocycles. The van der Waals surface area contributed by atoms with Crippen molar-refractivity contribution >= 4 is 5.82 Å². The molecule has 0 aromatic carbocycles. The molecule has 0 aliphatic rings. The molecule has 1 aromatic heterocycles. The van der Waals surface area contributed by atoms with Crippen molar-refractivity contribution in [1.82, 2.24) is 4.98 Å². The van der Waals surface area contributed by atoms with Crippen molar-refractivity contribution < 1.29 is 5.11 Å². The number of hydrogen-bond donors (Lipinski definition) is 1. The molecule has 0 saturated carbocycles. The molecule has 3 nitrogen and oxygen atoms in total. The zero-order chi connectivity index (χ0) is 10.6. The molecule has 0 fully saturated rings. The van der Waals surface area contributed by atoms with Crippen molar-refractivity contribution in [3.05, 3.63) is 36.0 Å². The van der Waals surface area contributed by atoms with Crippen LogP contribution >= 0.6 is 0 Å². The predicted octanol–water partition coefficient (Wildman–Crippen LogP) is 1.59. The van der Waals surface area contributed by atoms with Crippen LogP contribution in [0.3, 0.4) is 0 Å². The van der Waals surface area contributed by atoms with Gasteiger partial charge in [-0.1, -0.05) is 18.2 Å². The Morgan fingerprint density at radius 2 is 2.36 bits per heavy atom. The van der Waals surface area contributed by atoms with Gasteiger partial charge in [-0.05, 0) is 13.0 Å². The first kappa shape index (κ1) is 10.7. The average Bonchev–Trinajstić information content (AvgIpc) is 2.16. The Kier molecular flexibility index (Phi) is 3.65. The molecule has 1 heterocycles. The van der Waals surface area contributed by atoms with Crippen LogP contribution in [0.15, 0.2) is 30.5 Å². The summed E-state index contributed by atoms with van der Waals surface area (Å²) in [5, 5.41) is 9.11. The van der Waals surface area contributed by atoms with Gasteiger partial charge in [0.05, 0.1) is 6.61 Å². The van der Waals surface area contributed by atoms with Crippen LogP contribution in [-0.2, 0) is 6.61 Å². The van der Waals surface area contributed by atoms with Crippen LogP contribution in [0.5, 0.6) is 0 Å². The second-order valence-electron chi connectivity index (χ2n) is 3.46. The van der Waals surface area contributed by atoms with Gasteiger partial charge in [-0.15, -0.1) is 0 Å². The first-order valence-corrected chi connectivity index (χ1v) is 4.55. The highest BCUT2D eigenvalue weighted by atomic mass is 16.3. The zero-order valence-electron chi connectivity index (χ0n) is 8.70. The second kappa shape index (κ2) is 4.77. The van der Waals surface area contributed by atoms with E-state index in [0.29, 0.717) is 0 Å². The van der Waals surface area contributed by atoms with Crippen molar-refractivity contribution in [3.63, 3.8) is 0 Å². The predicted molar refractivity (Wildman–Crippen MR) is 58.2 cm³/mol. The van der Waals surface area contributed by atoms with Crippen molar-refractivity contribution in [2.24, 2.45) is 0 Å². The third-order valence-electron chi connectivity index (χ3n) is 1.91. The Morgan fingerprint density at radius 1 is 1.64 bits per heavy atom. The zero-order valence-corrected chi connectivity index (χ0v) is 8.70. The van der Waals surface area contributed by atoms with Crippen molar-refractivity contribution in [2.75, 3.05) is 18.5 Å². The monoisotopic (exact) mass is 192 g/mol. The molecule has 0 aliphatic carbocycles. The van der Waals surface area contributed by atoms with E-state index in [9.17, 15) is 0 Å². The summed E-state index contributed by atoms with van der Waals surface area (Å²) >= 11 is 0. The fraction of sp³-hybridized carbons (Fsp3) is 0.364. The normalized spacial score (nSPS) is 9.93. The summed E-state index contributed by atoms with van der Waals surface area (Å²) in [6.45, 7) is 6.59. The molecule has 0 bridgehead atoms. The van der Waals surface area contributed by atoms with Gasteiger partial charge in [-0.25, -0.2) is 4.98 Å². The molecule has 3 heteroatoms. The number of likely N-dealkylation sites (N-methyl/N-ethyl adjacent to an activating group) is 1. The van der Waals surface area contributed by atoms with Gasteiger partial charge in [-0.2, -0.15) is 0 Å². The molecule has 76 valence electrons. The SMILES string of the molecule is C=C(C)CN(C)c1ncccc1CO. The lowest BCUT2D eigenvalue weighted by atomic mass is 10.2. The van der Waals surface area contributed by atoms with E-state index in [0.717, 1.165) is 23.5 Å².